The second-order valence-electron chi connectivity index (χ2n) is 7.93. The maximum Gasteiger partial charge on any atom is 0.422 e. The Morgan fingerprint density at radius 1 is 1.18 bits per heavy atom. The van der Waals surface area contributed by atoms with Crippen molar-refractivity contribution in [2.45, 2.75) is 44.0 Å². The Labute approximate surface area is 188 Å². The van der Waals surface area contributed by atoms with Gasteiger partial charge in [0.05, 0.1) is 6.04 Å². The Morgan fingerprint density at radius 3 is 2.36 bits per heavy atom. The predicted octanol–water partition coefficient (Wildman–Crippen LogP) is 4.83. The van der Waals surface area contributed by atoms with Crippen molar-refractivity contribution >= 4 is 12.0 Å². The third kappa shape index (κ3) is 6.15. The van der Waals surface area contributed by atoms with Crippen LogP contribution in [0.2, 0.25) is 0 Å². The van der Waals surface area contributed by atoms with Gasteiger partial charge >= 0.3 is 12.3 Å². The van der Waals surface area contributed by atoms with Crippen molar-refractivity contribution in [3.8, 4) is 5.75 Å². The van der Waals surface area contributed by atoms with Crippen molar-refractivity contribution in [1.82, 2.24) is 4.90 Å². The Bertz CT molecular complexity index is 979. The minimum Gasteiger partial charge on any atom is -0.484 e. The highest BCUT2D eigenvalue weighted by Crippen LogP contribution is 2.40. The number of hydrogen-bond donors (Lipinski definition) is 1. The first-order valence-corrected chi connectivity index (χ1v) is 10.3. The maximum absolute atomic E-state index is 13.4. The highest BCUT2D eigenvalue weighted by molar-refractivity contribution is 5.74. The first kappa shape index (κ1) is 24.3. The second-order valence-corrected chi connectivity index (χ2v) is 7.93. The highest BCUT2D eigenvalue weighted by atomic mass is 19.4. The van der Waals surface area contributed by atoms with E-state index in [4.69, 9.17) is 15.2 Å². The SMILES string of the molecule is C[C@@H](c1ccc(OCC(F)(F)F)cc1)N1CCC(CCC(N)=O)(c2ccc(F)cc2)OC1=O. The summed E-state index contributed by atoms with van der Waals surface area (Å²) in [5.41, 5.74) is 5.42. The number of rotatable bonds is 8. The van der Waals surface area contributed by atoms with Crippen LogP contribution >= 0.6 is 0 Å². The molecule has 2 aromatic rings. The number of hydrogen-bond acceptors (Lipinski definition) is 4. The Kier molecular flexibility index (Phi) is 7.14. The molecule has 0 aliphatic carbocycles. The zero-order valence-electron chi connectivity index (χ0n) is 17.9. The number of nitrogens with two attached hydrogens (primary N) is 1. The van der Waals surface area contributed by atoms with Crippen LogP contribution in [-0.2, 0) is 15.1 Å². The Hall–Kier alpha value is -3.30. The van der Waals surface area contributed by atoms with Gasteiger partial charge in [-0.15, -0.1) is 0 Å². The molecule has 1 fully saturated rings. The topological polar surface area (TPSA) is 81.9 Å². The number of amides is 2. The summed E-state index contributed by atoms with van der Waals surface area (Å²) in [6.07, 6.45) is -4.57. The quantitative estimate of drug-likeness (QED) is 0.563. The van der Waals surface area contributed by atoms with Gasteiger partial charge in [0.15, 0.2) is 6.61 Å². The second kappa shape index (κ2) is 9.68. The fourth-order valence-electron chi connectivity index (χ4n) is 3.81. The minimum atomic E-state index is -4.44. The molecule has 2 atom stereocenters. The summed E-state index contributed by atoms with van der Waals surface area (Å²) in [6.45, 7) is 0.653. The van der Waals surface area contributed by atoms with Gasteiger partial charge in [-0.05, 0) is 42.3 Å². The summed E-state index contributed by atoms with van der Waals surface area (Å²) in [6, 6.07) is 11.1. The summed E-state index contributed by atoms with van der Waals surface area (Å²) in [5, 5.41) is 0. The number of primary amides is 1. The van der Waals surface area contributed by atoms with Gasteiger partial charge in [0.2, 0.25) is 5.91 Å². The Morgan fingerprint density at radius 2 is 1.82 bits per heavy atom. The predicted molar refractivity (Wildman–Crippen MR) is 111 cm³/mol. The van der Waals surface area contributed by atoms with Gasteiger partial charge in [0.25, 0.3) is 0 Å². The number of halogens is 4. The molecule has 3 rings (SSSR count). The molecule has 1 saturated heterocycles. The summed E-state index contributed by atoms with van der Waals surface area (Å²) in [5.74, 6) is -0.925. The summed E-state index contributed by atoms with van der Waals surface area (Å²) in [4.78, 5) is 25.8. The van der Waals surface area contributed by atoms with Gasteiger partial charge < -0.3 is 20.1 Å². The molecule has 1 aliphatic heterocycles. The minimum absolute atomic E-state index is 0.0143. The van der Waals surface area contributed by atoms with E-state index in [1.54, 1.807) is 19.1 Å². The zero-order chi connectivity index (χ0) is 24.2. The summed E-state index contributed by atoms with van der Waals surface area (Å²) >= 11 is 0. The molecular formula is C23H24F4N2O4. The molecule has 1 unspecified atom stereocenters. The van der Waals surface area contributed by atoms with Crippen molar-refractivity contribution in [2.24, 2.45) is 5.73 Å². The van der Waals surface area contributed by atoms with Crippen LogP contribution in [0.15, 0.2) is 48.5 Å². The molecule has 2 N–H and O–H groups in total. The molecular weight excluding hydrogens is 444 g/mol. The van der Waals surface area contributed by atoms with E-state index in [1.807, 2.05) is 0 Å². The molecule has 1 aliphatic rings. The van der Waals surface area contributed by atoms with E-state index in [9.17, 15) is 27.2 Å². The lowest BCUT2D eigenvalue weighted by Crippen LogP contribution is -2.49. The van der Waals surface area contributed by atoms with E-state index in [0.29, 0.717) is 17.5 Å². The fourth-order valence-corrected chi connectivity index (χ4v) is 3.81. The van der Waals surface area contributed by atoms with E-state index in [0.717, 1.165) is 0 Å². The van der Waals surface area contributed by atoms with Crippen LogP contribution in [0.1, 0.15) is 43.4 Å². The third-order valence-electron chi connectivity index (χ3n) is 5.65. The molecule has 6 nitrogen and oxygen atoms in total. The number of carbonyl (C=O) groups is 2. The van der Waals surface area contributed by atoms with Crippen molar-refractivity contribution in [2.75, 3.05) is 13.2 Å². The van der Waals surface area contributed by atoms with Gasteiger partial charge in [-0.25, -0.2) is 9.18 Å². The number of nitrogens with zero attached hydrogens (tertiary/aromatic N) is 1. The van der Waals surface area contributed by atoms with E-state index >= 15 is 0 Å². The van der Waals surface area contributed by atoms with E-state index < -0.39 is 42.2 Å². The molecule has 10 heteroatoms. The first-order valence-electron chi connectivity index (χ1n) is 10.3. The molecule has 2 amide bonds. The smallest absolute Gasteiger partial charge is 0.422 e. The molecule has 0 bridgehead atoms. The number of benzene rings is 2. The molecule has 0 aromatic heterocycles. The van der Waals surface area contributed by atoms with Gasteiger partial charge in [0, 0.05) is 25.8 Å². The Balaban J connectivity index is 1.73. The molecule has 1 heterocycles. The third-order valence-corrected chi connectivity index (χ3v) is 5.65. The number of cyclic esters (lactones) is 1. The lowest BCUT2D eigenvalue weighted by molar-refractivity contribution is -0.153. The normalized spacial score (nSPS) is 19.7. The van der Waals surface area contributed by atoms with Gasteiger partial charge in [-0.1, -0.05) is 24.3 Å². The average molecular weight is 468 g/mol. The van der Waals surface area contributed by atoms with Crippen molar-refractivity contribution in [3.05, 3.63) is 65.5 Å². The largest absolute Gasteiger partial charge is 0.484 e. The molecule has 178 valence electrons. The van der Waals surface area contributed by atoms with E-state index in [2.05, 4.69) is 0 Å². The van der Waals surface area contributed by atoms with Crippen molar-refractivity contribution in [1.29, 1.82) is 0 Å². The average Bonchev–Trinajstić information content (AvgIpc) is 2.76. The van der Waals surface area contributed by atoms with Crippen LogP contribution in [0.5, 0.6) is 5.75 Å². The highest BCUT2D eigenvalue weighted by Gasteiger charge is 2.43. The van der Waals surface area contributed by atoms with Gasteiger partial charge in [-0.3, -0.25) is 4.79 Å². The summed E-state index contributed by atoms with van der Waals surface area (Å²) < 4.78 is 60.9. The maximum atomic E-state index is 13.4. The first-order chi connectivity index (χ1) is 15.5. The molecule has 2 aromatic carbocycles. The van der Waals surface area contributed by atoms with Crippen LogP contribution in [0, 0.1) is 5.82 Å². The number of ether oxygens (including phenoxy) is 2. The van der Waals surface area contributed by atoms with Crippen LogP contribution in [-0.4, -0.2) is 36.2 Å². The van der Waals surface area contributed by atoms with Crippen LogP contribution in [0.4, 0.5) is 22.4 Å². The lowest BCUT2D eigenvalue weighted by atomic mass is 9.84. The molecule has 0 saturated carbocycles. The monoisotopic (exact) mass is 468 g/mol. The van der Waals surface area contributed by atoms with E-state index in [-0.39, 0.29) is 25.1 Å². The lowest BCUT2D eigenvalue weighted by Gasteiger charge is -2.43. The van der Waals surface area contributed by atoms with E-state index in [1.165, 1.54) is 41.3 Å². The van der Waals surface area contributed by atoms with Crippen molar-refractivity contribution in [3.63, 3.8) is 0 Å². The van der Waals surface area contributed by atoms with Gasteiger partial charge in [-0.2, -0.15) is 13.2 Å². The molecule has 0 spiro atoms. The fraction of sp³-hybridized carbons (Fsp3) is 0.391. The van der Waals surface area contributed by atoms with Gasteiger partial charge in [0.1, 0.15) is 17.2 Å². The molecule has 33 heavy (non-hydrogen) atoms. The number of carbonyl (C=O) groups excluding carboxylic acids is 2. The zero-order valence-corrected chi connectivity index (χ0v) is 17.9. The van der Waals surface area contributed by atoms with Crippen LogP contribution in [0.25, 0.3) is 0 Å². The van der Waals surface area contributed by atoms with Crippen LogP contribution in [0.3, 0.4) is 0 Å². The molecule has 0 radical (unpaired) electrons. The van der Waals surface area contributed by atoms with Crippen molar-refractivity contribution < 1.29 is 36.6 Å². The standard InChI is InChI=1S/C23H24F4N2O4/c1-15(16-2-8-19(9-3-16)32-14-23(25,26)27)29-13-12-22(33-21(29)31,11-10-20(28)30)17-4-6-18(24)7-5-17/h2-9,15H,10-14H2,1H3,(H2,28,30)/t15-,22?/m0/s1. The number of alkyl halides is 3. The summed E-state index contributed by atoms with van der Waals surface area (Å²) in [7, 11) is 0. The van der Waals surface area contributed by atoms with Crippen LogP contribution < -0.4 is 10.5 Å².